The number of hydrogen-bond donors (Lipinski definition) is 1. The molecule has 0 spiro atoms. The minimum atomic E-state index is -0.593. The number of aliphatic hydroxyl groups is 1. The molecule has 2 atom stereocenters. The van der Waals surface area contributed by atoms with Crippen molar-refractivity contribution in [3.8, 4) is 0 Å². The van der Waals surface area contributed by atoms with Gasteiger partial charge >= 0.3 is 0 Å². The zero-order valence-corrected chi connectivity index (χ0v) is 12.6. The van der Waals surface area contributed by atoms with Gasteiger partial charge in [0.05, 0.1) is 0 Å². The summed E-state index contributed by atoms with van der Waals surface area (Å²) >= 11 is 0. The first-order valence-electron chi connectivity index (χ1n) is 7.42. The van der Waals surface area contributed by atoms with Crippen LogP contribution in [0.3, 0.4) is 0 Å². The highest BCUT2D eigenvalue weighted by molar-refractivity contribution is 5.76. The molecule has 1 aromatic rings. The van der Waals surface area contributed by atoms with E-state index in [1.165, 1.54) is 0 Å². The number of carbonyl (C=O) groups excluding carboxylic acids is 1. The molecule has 2 heterocycles. The lowest BCUT2D eigenvalue weighted by Gasteiger charge is -2.35. The van der Waals surface area contributed by atoms with Gasteiger partial charge in [-0.05, 0) is 18.8 Å². The smallest absolute Gasteiger partial charge is 0.222 e. The molecule has 1 fully saturated rings. The highest BCUT2D eigenvalue weighted by Crippen LogP contribution is 2.29. The molecule has 1 amide bonds. The van der Waals surface area contributed by atoms with E-state index in [2.05, 4.69) is 18.8 Å². The molecular formula is C15H25N3O2. The lowest BCUT2D eigenvalue weighted by atomic mass is 9.91. The lowest BCUT2D eigenvalue weighted by molar-refractivity contribution is -0.134. The molecule has 5 nitrogen and oxygen atoms in total. The van der Waals surface area contributed by atoms with Crippen LogP contribution < -0.4 is 0 Å². The summed E-state index contributed by atoms with van der Waals surface area (Å²) in [6, 6.07) is 0. The van der Waals surface area contributed by atoms with E-state index in [1.807, 2.05) is 22.7 Å². The normalized spacial score (nSPS) is 21.2. The number of rotatable bonds is 4. The Morgan fingerprint density at radius 1 is 1.55 bits per heavy atom. The number of likely N-dealkylation sites (tertiary alicyclic amines) is 1. The van der Waals surface area contributed by atoms with Crippen LogP contribution in [0, 0.1) is 11.8 Å². The van der Waals surface area contributed by atoms with E-state index in [0.717, 1.165) is 19.4 Å². The molecule has 112 valence electrons. The lowest BCUT2D eigenvalue weighted by Crippen LogP contribution is -2.42. The Balaban J connectivity index is 2.00. The largest absolute Gasteiger partial charge is 0.385 e. The van der Waals surface area contributed by atoms with Crippen LogP contribution in [-0.4, -0.2) is 38.6 Å². The molecular weight excluding hydrogens is 254 g/mol. The molecule has 1 aliphatic rings. The summed E-state index contributed by atoms with van der Waals surface area (Å²) in [5.41, 5.74) is 0. The quantitative estimate of drug-likeness (QED) is 0.913. The van der Waals surface area contributed by atoms with Crippen molar-refractivity contribution in [3.63, 3.8) is 0 Å². The summed E-state index contributed by atoms with van der Waals surface area (Å²) in [5, 5.41) is 10.5. The topological polar surface area (TPSA) is 58.4 Å². The summed E-state index contributed by atoms with van der Waals surface area (Å²) in [6.07, 6.45) is 5.43. The van der Waals surface area contributed by atoms with E-state index in [-0.39, 0.29) is 11.8 Å². The van der Waals surface area contributed by atoms with Gasteiger partial charge in [0.2, 0.25) is 5.91 Å². The van der Waals surface area contributed by atoms with Crippen molar-refractivity contribution in [3.05, 3.63) is 18.2 Å². The van der Waals surface area contributed by atoms with Gasteiger partial charge in [-0.3, -0.25) is 4.79 Å². The van der Waals surface area contributed by atoms with Crippen LogP contribution in [0.25, 0.3) is 0 Å². The number of aryl methyl sites for hydroxylation is 1. The predicted molar refractivity (Wildman–Crippen MR) is 76.9 cm³/mol. The van der Waals surface area contributed by atoms with Gasteiger partial charge in [0.15, 0.2) is 0 Å². The molecule has 1 aromatic heterocycles. The molecule has 5 heteroatoms. The zero-order valence-electron chi connectivity index (χ0n) is 12.6. The van der Waals surface area contributed by atoms with Gasteiger partial charge in [-0.1, -0.05) is 13.8 Å². The maximum Gasteiger partial charge on any atom is 0.222 e. The first-order valence-corrected chi connectivity index (χ1v) is 7.42. The second-order valence-electron chi connectivity index (χ2n) is 6.18. The SMILES string of the molecule is CC(C)CC(=O)N1CCCC(C(O)c2nccn2C)C1. The first-order chi connectivity index (χ1) is 9.49. The Labute approximate surface area is 120 Å². The third-order valence-electron chi connectivity index (χ3n) is 3.96. The number of aromatic nitrogens is 2. The number of aliphatic hydroxyl groups excluding tert-OH is 1. The fourth-order valence-corrected chi connectivity index (χ4v) is 2.85. The van der Waals surface area contributed by atoms with Crippen LogP contribution in [0.5, 0.6) is 0 Å². The number of amides is 1. The van der Waals surface area contributed by atoms with Crippen LogP contribution in [0.2, 0.25) is 0 Å². The van der Waals surface area contributed by atoms with Crippen LogP contribution in [-0.2, 0) is 11.8 Å². The number of piperidine rings is 1. The van der Waals surface area contributed by atoms with E-state index in [9.17, 15) is 9.90 Å². The monoisotopic (exact) mass is 279 g/mol. The summed E-state index contributed by atoms with van der Waals surface area (Å²) in [4.78, 5) is 18.3. The van der Waals surface area contributed by atoms with Gasteiger partial charge < -0.3 is 14.6 Å². The van der Waals surface area contributed by atoms with Crippen molar-refractivity contribution in [2.24, 2.45) is 18.9 Å². The summed E-state index contributed by atoms with van der Waals surface area (Å²) in [6.45, 7) is 5.57. The van der Waals surface area contributed by atoms with Gasteiger partial charge in [0.1, 0.15) is 11.9 Å². The molecule has 1 aliphatic heterocycles. The summed E-state index contributed by atoms with van der Waals surface area (Å²) in [5.74, 6) is 1.35. The van der Waals surface area contributed by atoms with E-state index in [1.54, 1.807) is 6.20 Å². The summed E-state index contributed by atoms with van der Waals surface area (Å²) in [7, 11) is 1.88. The molecule has 2 rings (SSSR count). The Hall–Kier alpha value is -1.36. The minimum absolute atomic E-state index is 0.0842. The van der Waals surface area contributed by atoms with Crippen molar-refractivity contribution >= 4 is 5.91 Å². The Morgan fingerprint density at radius 2 is 2.30 bits per heavy atom. The molecule has 0 bridgehead atoms. The van der Waals surface area contributed by atoms with Crippen LogP contribution >= 0.6 is 0 Å². The second-order valence-corrected chi connectivity index (χ2v) is 6.18. The Morgan fingerprint density at radius 3 is 2.90 bits per heavy atom. The van der Waals surface area contributed by atoms with E-state index < -0.39 is 6.10 Å². The minimum Gasteiger partial charge on any atom is -0.385 e. The van der Waals surface area contributed by atoms with Crippen molar-refractivity contribution in [2.75, 3.05) is 13.1 Å². The van der Waals surface area contributed by atoms with Crippen molar-refractivity contribution in [1.29, 1.82) is 0 Å². The van der Waals surface area contributed by atoms with Gasteiger partial charge in [-0.25, -0.2) is 4.98 Å². The van der Waals surface area contributed by atoms with Crippen molar-refractivity contribution in [1.82, 2.24) is 14.5 Å². The van der Waals surface area contributed by atoms with E-state index >= 15 is 0 Å². The zero-order chi connectivity index (χ0) is 14.7. The maximum absolute atomic E-state index is 12.2. The number of imidazole rings is 1. The average molecular weight is 279 g/mol. The van der Waals surface area contributed by atoms with Gasteiger partial charge in [-0.15, -0.1) is 0 Å². The van der Waals surface area contributed by atoms with Crippen LogP contribution in [0.4, 0.5) is 0 Å². The van der Waals surface area contributed by atoms with Crippen LogP contribution in [0.1, 0.15) is 45.0 Å². The van der Waals surface area contributed by atoms with Crippen LogP contribution in [0.15, 0.2) is 12.4 Å². The average Bonchev–Trinajstić information content (AvgIpc) is 2.83. The Bertz CT molecular complexity index is 456. The molecule has 1 saturated heterocycles. The van der Waals surface area contributed by atoms with Gasteiger partial charge in [0.25, 0.3) is 0 Å². The third kappa shape index (κ3) is 3.39. The maximum atomic E-state index is 12.2. The number of carbonyl (C=O) groups is 1. The Kier molecular flexibility index (Phi) is 4.81. The molecule has 0 aliphatic carbocycles. The standard InChI is InChI=1S/C15H25N3O2/c1-11(2)9-13(19)18-7-4-5-12(10-18)14(20)15-16-6-8-17(15)3/h6,8,11-12,14,20H,4-5,7,9-10H2,1-3H3. The highest BCUT2D eigenvalue weighted by Gasteiger charge is 2.31. The second kappa shape index (κ2) is 6.39. The molecule has 0 radical (unpaired) electrons. The molecule has 2 unspecified atom stereocenters. The summed E-state index contributed by atoms with van der Waals surface area (Å²) < 4.78 is 1.85. The van der Waals surface area contributed by atoms with Gasteiger partial charge in [-0.2, -0.15) is 0 Å². The fraction of sp³-hybridized carbons (Fsp3) is 0.733. The molecule has 0 saturated carbocycles. The van der Waals surface area contributed by atoms with E-state index in [0.29, 0.717) is 24.7 Å². The van der Waals surface area contributed by atoms with Gasteiger partial charge in [0, 0.05) is 44.9 Å². The molecule has 20 heavy (non-hydrogen) atoms. The molecule has 0 aromatic carbocycles. The number of hydrogen-bond acceptors (Lipinski definition) is 3. The van der Waals surface area contributed by atoms with E-state index in [4.69, 9.17) is 0 Å². The first kappa shape index (κ1) is 15.0. The molecule has 1 N–H and O–H groups in total. The van der Waals surface area contributed by atoms with Crippen molar-refractivity contribution < 1.29 is 9.90 Å². The predicted octanol–water partition coefficient (Wildman–Crippen LogP) is 1.74. The third-order valence-corrected chi connectivity index (χ3v) is 3.96. The highest BCUT2D eigenvalue weighted by atomic mass is 16.3. The number of nitrogens with zero attached hydrogens (tertiary/aromatic N) is 3. The van der Waals surface area contributed by atoms with Crippen molar-refractivity contribution in [2.45, 2.75) is 39.2 Å². The fourth-order valence-electron chi connectivity index (χ4n) is 2.85.